The maximum atomic E-state index is 10.3. The van der Waals surface area contributed by atoms with Crippen LogP contribution in [-0.2, 0) is 9.59 Å². The van der Waals surface area contributed by atoms with Gasteiger partial charge in [-0.2, -0.15) is 4.99 Å². The second-order valence-corrected chi connectivity index (χ2v) is 6.54. The van der Waals surface area contributed by atoms with Crippen LogP contribution in [0.25, 0.3) is 0 Å². The third-order valence-electron chi connectivity index (χ3n) is 3.87. The van der Waals surface area contributed by atoms with Gasteiger partial charge in [0.05, 0.1) is 12.1 Å². The van der Waals surface area contributed by atoms with Crippen molar-refractivity contribution in [1.29, 1.82) is 0 Å². The Balaban J connectivity index is 3.48. The first kappa shape index (κ1) is 19.8. The van der Waals surface area contributed by atoms with Crippen LogP contribution in [-0.4, -0.2) is 24.2 Å². The molecule has 1 unspecified atom stereocenters. The molecular weight excluding hydrogens is 264 g/mol. The summed E-state index contributed by atoms with van der Waals surface area (Å²) >= 11 is 0. The fourth-order valence-corrected chi connectivity index (χ4v) is 2.46. The number of nitrogens with zero attached hydrogens (tertiary/aromatic N) is 2. The number of carbonyl (C=O) groups excluding carboxylic acids is 2. The first-order valence-corrected chi connectivity index (χ1v) is 8.14. The number of rotatable bonds is 13. The summed E-state index contributed by atoms with van der Waals surface area (Å²) in [5, 5.41) is 0. The van der Waals surface area contributed by atoms with Crippen molar-refractivity contribution in [3.63, 3.8) is 0 Å². The minimum absolute atomic E-state index is 0.255. The van der Waals surface area contributed by atoms with Crippen LogP contribution in [0.5, 0.6) is 0 Å². The predicted molar refractivity (Wildman–Crippen MR) is 85.9 cm³/mol. The van der Waals surface area contributed by atoms with E-state index in [0.29, 0.717) is 6.54 Å². The van der Waals surface area contributed by atoms with Crippen molar-refractivity contribution in [1.82, 2.24) is 0 Å². The van der Waals surface area contributed by atoms with Crippen LogP contribution < -0.4 is 0 Å². The van der Waals surface area contributed by atoms with Crippen molar-refractivity contribution in [2.45, 2.75) is 84.1 Å². The zero-order chi connectivity index (χ0) is 16.0. The number of hydrogen-bond acceptors (Lipinski definition) is 4. The zero-order valence-corrected chi connectivity index (χ0v) is 13.9. The third kappa shape index (κ3) is 13.5. The maximum absolute atomic E-state index is 10.3. The van der Waals surface area contributed by atoms with Crippen LogP contribution in [0.15, 0.2) is 9.98 Å². The van der Waals surface area contributed by atoms with Crippen LogP contribution in [0.1, 0.15) is 78.6 Å². The van der Waals surface area contributed by atoms with E-state index in [4.69, 9.17) is 0 Å². The van der Waals surface area contributed by atoms with E-state index in [2.05, 4.69) is 16.9 Å². The van der Waals surface area contributed by atoms with Crippen molar-refractivity contribution in [2.75, 3.05) is 6.54 Å². The molecule has 0 saturated carbocycles. The third-order valence-corrected chi connectivity index (χ3v) is 3.87. The van der Waals surface area contributed by atoms with Gasteiger partial charge in [0.2, 0.25) is 12.2 Å². The molecule has 21 heavy (non-hydrogen) atoms. The largest absolute Gasteiger partial charge is 0.235 e. The van der Waals surface area contributed by atoms with Crippen LogP contribution in [0.4, 0.5) is 0 Å². The molecule has 0 aromatic heterocycles. The lowest BCUT2D eigenvalue weighted by atomic mass is 9.93. The van der Waals surface area contributed by atoms with E-state index in [9.17, 15) is 9.59 Å². The standard InChI is InChI=1S/C17H30N2O2/c1-16(10-6-4-5-9-13-18-14-20)11-7-8-12-17(2,3)19-15-21/h16H,4-13H2,1-3H3. The lowest BCUT2D eigenvalue weighted by Crippen LogP contribution is -2.15. The average molecular weight is 294 g/mol. The van der Waals surface area contributed by atoms with Crippen LogP contribution >= 0.6 is 0 Å². The monoisotopic (exact) mass is 294 g/mol. The second kappa shape index (κ2) is 12.5. The molecule has 0 aliphatic rings. The summed E-state index contributed by atoms with van der Waals surface area (Å²) in [4.78, 5) is 27.5. The van der Waals surface area contributed by atoms with Gasteiger partial charge in [0.1, 0.15) is 0 Å². The Hall–Kier alpha value is -1.24. The fraction of sp³-hybridized carbons (Fsp3) is 0.882. The summed E-state index contributed by atoms with van der Waals surface area (Å²) in [5.74, 6) is 0.760. The number of isocyanates is 2. The molecule has 0 rings (SSSR count). The van der Waals surface area contributed by atoms with Crippen LogP contribution in [0.3, 0.4) is 0 Å². The molecule has 0 saturated heterocycles. The number of unbranched alkanes of at least 4 members (excludes halogenated alkanes) is 4. The molecule has 120 valence electrons. The summed E-state index contributed by atoms with van der Waals surface area (Å²) in [6.07, 6.45) is 13.6. The van der Waals surface area contributed by atoms with E-state index >= 15 is 0 Å². The molecule has 0 fully saturated rings. The summed E-state index contributed by atoms with van der Waals surface area (Å²) in [7, 11) is 0. The molecule has 0 aliphatic carbocycles. The van der Waals surface area contributed by atoms with Crippen molar-refractivity contribution < 1.29 is 9.59 Å². The molecule has 0 aromatic carbocycles. The lowest BCUT2D eigenvalue weighted by Gasteiger charge is -2.17. The van der Waals surface area contributed by atoms with Gasteiger partial charge in [0, 0.05) is 0 Å². The first-order valence-electron chi connectivity index (χ1n) is 8.14. The van der Waals surface area contributed by atoms with Gasteiger partial charge in [0.15, 0.2) is 0 Å². The normalized spacial score (nSPS) is 12.3. The Labute approximate surface area is 129 Å². The molecule has 0 spiro atoms. The summed E-state index contributed by atoms with van der Waals surface area (Å²) in [6.45, 7) is 6.90. The van der Waals surface area contributed by atoms with Crippen molar-refractivity contribution in [2.24, 2.45) is 15.9 Å². The molecule has 4 nitrogen and oxygen atoms in total. The minimum atomic E-state index is -0.255. The molecule has 1 atom stereocenters. The van der Waals surface area contributed by atoms with Gasteiger partial charge in [-0.05, 0) is 32.6 Å². The van der Waals surface area contributed by atoms with E-state index < -0.39 is 0 Å². The minimum Gasteiger partial charge on any atom is -0.211 e. The SMILES string of the molecule is CC(CCCCCCN=C=O)CCCCC(C)(C)N=C=O. The molecule has 4 heteroatoms. The highest BCUT2D eigenvalue weighted by molar-refractivity contribution is 5.34. The second-order valence-electron chi connectivity index (χ2n) is 6.54. The molecule has 0 amide bonds. The zero-order valence-electron chi connectivity index (χ0n) is 13.9. The number of hydrogen-bond donors (Lipinski definition) is 0. The first-order chi connectivity index (χ1) is 10.0. The van der Waals surface area contributed by atoms with Gasteiger partial charge in [-0.3, -0.25) is 0 Å². The van der Waals surface area contributed by atoms with Gasteiger partial charge in [-0.1, -0.05) is 51.9 Å². The molecule has 0 aromatic rings. The van der Waals surface area contributed by atoms with Gasteiger partial charge in [0.25, 0.3) is 0 Å². The van der Waals surface area contributed by atoms with E-state index in [-0.39, 0.29) is 5.54 Å². The Bertz CT molecular complexity index is 354. The van der Waals surface area contributed by atoms with E-state index in [1.165, 1.54) is 32.1 Å². The van der Waals surface area contributed by atoms with Gasteiger partial charge in [-0.25, -0.2) is 14.6 Å². The van der Waals surface area contributed by atoms with E-state index in [0.717, 1.165) is 31.6 Å². The van der Waals surface area contributed by atoms with Gasteiger partial charge >= 0.3 is 0 Å². The lowest BCUT2D eigenvalue weighted by molar-refractivity contribution is 0.402. The van der Waals surface area contributed by atoms with Gasteiger partial charge in [-0.15, -0.1) is 0 Å². The summed E-state index contributed by atoms with van der Waals surface area (Å²) < 4.78 is 0. The van der Waals surface area contributed by atoms with Crippen molar-refractivity contribution in [3.8, 4) is 0 Å². The molecule has 0 radical (unpaired) electrons. The Kier molecular flexibility index (Phi) is 11.8. The highest BCUT2D eigenvalue weighted by Gasteiger charge is 2.15. The van der Waals surface area contributed by atoms with Gasteiger partial charge < -0.3 is 0 Å². The topological polar surface area (TPSA) is 58.9 Å². The Morgan fingerprint density at radius 3 is 2.14 bits per heavy atom. The maximum Gasteiger partial charge on any atom is 0.235 e. The van der Waals surface area contributed by atoms with Crippen LogP contribution in [0, 0.1) is 5.92 Å². The average Bonchev–Trinajstić information content (AvgIpc) is 2.42. The summed E-state index contributed by atoms with van der Waals surface area (Å²) in [6, 6.07) is 0. The van der Waals surface area contributed by atoms with Crippen molar-refractivity contribution >= 4 is 12.2 Å². The highest BCUT2D eigenvalue weighted by Crippen LogP contribution is 2.21. The van der Waals surface area contributed by atoms with Crippen molar-refractivity contribution in [3.05, 3.63) is 0 Å². The van der Waals surface area contributed by atoms with Crippen LogP contribution in [0.2, 0.25) is 0 Å². The highest BCUT2D eigenvalue weighted by atomic mass is 16.1. The molecule has 0 N–H and O–H groups in total. The number of aliphatic imine (C=N–C) groups is 2. The molecule has 0 bridgehead atoms. The summed E-state index contributed by atoms with van der Waals surface area (Å²) in [5.41, 5.74) is -0.255. The Morgan fingerprint density at radius 2 is 1.52 bits per heavy atom. The molecule has 0 aliphatic heterocycles. The molecule has 0 heterocycles. The fourth-order valence-electron chi connectivity index (χ4n) is 2.46. The quantitative estimate of drug-likeness (QED) is 0.283. The smallest absolute Gasteiger partial charge is 0.211 e. The molecular formula is C17H30N2O2. The van der Waals surface area contributed by atoms with E-state index in [1.54, 1.807) is 12.2 Å². The predicted octanol–water partition coefficient (Wildman–Crippen LogP) is 4.58. The van der Waals surface area contributed by atoms with E-state index in [1.807, 2.05) is 13.8 Å². The Morgan fingerprint density at radius 1 is 0.905 bits per heavy atom.